The summed E-state index contributed by atoms with van der Waals surface area (Å²) in [5.74, 6) is 0.679. The zero-order valence-electron chi connectivity index (χ0n) is 16.3. The van der Waals surface area contributed by atoms with E-state index in [-0.39, 0.29) is 11.9 Å². The third-order valence-electron chi connectivity index (χ3n) is 4.75. The monoisotopic (exact) mass is 374 g/mol. The van der Waals surface area contributed by atoms with Crippen molar-refractivity contribution in [3.05, 3.63) is 54.1 Å². The highest BCUT2D eigenvalue weighted by atomic mass is 16.3. The highest BCUT2D eigenvalue weighted by molar-refractivity contribution is 6.13. The molecule has 0 amide bonds. The van der Waals surface area contributed by atoms with E-state index in [0.717, 1.165) is 27.7 Å². The number of aromatic hydroxyl groups is 1. The molecule has 0 saturated carbocycles. The minimum Gasteiger partial charge on any atom is -0.494 e. The molecule has 7 heteroatoms. The lowest BCUT2D eigenvalue weighted by atomic mass is 10.0. The topological polar surface area (TPSA) is 92.0 Å². The van der Waals surface area contributed by atoms with Gasteiger partial charge in [-0.2, -0.15) is 5.10 Å². The van der Waals surface area contributed by atoms with Gasteiger partial charge in [0.15, 0.2) is 11.7 Å². The summed E-state index contributed by atoms with van der Waals surface area (Å²) in [5, 5.41) is 15.8. The average Bonchev–Trinajstić information content (AvgIpc) is 3.25. The Balaban J connectivity index is 1.81. The highest BCUT2D eigenvalue weighted by Gasteiger charge is 2.16. The SMILES string of the molecule is CC(=Nc1ccn(C(C)C)n1)c1c(O)[nH]c2cnc(-c3cnccc3C)cc12. The second kappa shape index (κ2) is 6.92. The summed E-state index contributed by atoms with van der Waals surface area (Å²) >= 11 is 0. The van der Waals surface area contributed by atoms with Crippen molar-refractivity contribution >= 4 is 22.4 Å². The molecular weight excluding hydrogens is 352 g/mol. The van der Waals surface area contributed by atoms with E-state index < -0.39 is 0 Å². The Labute approximate surface area is 162 Å². The molecule has 142 valence electrons. The molecule has 0 spiro atoms. The molecule has 28 heavy (non-hydrogen) atoms. The molecule has 7 nitrogen and oxygen atoms in total. The maximum atomic E-state index is 10.5. The minimum absolute atomic E-state index is 0.0707. The Morgan fingerprint density at radius 2 is 2.07 bits per heavy atom. The summed E-state index contributed by atoms with van der Waals surface area (Å²) in [5.41, 5.74) is 4.93. The summed E-state index contributed by atoms with van der Waals surface area (Å²) < 4.78 is 1.86. The molecule has 4 aromatic rings. The zero-order chi connectivity index (χ0) is 19.8. The normalized spacial score (nSPS) is 12.2. The number of nitrogens with zero attached hydrogens (tertiary/aromatic N) is 5. The standard InChI is InChI=1S/C21H22N6O/c1-12(2)27-8-6-19(26-27)24-14(4)20-15-9-17(16-10-22-7-5-13(16)3)23-11-18(15)25-21(20)28/h5-12,25,28H,1-4H3. The van der Waals surface area contributed by atoms with Crippen molar-refractivity contribution in [3.8, 4) is 17.1 Å². The molecule has 0 aromatic carbocycles. The summed E-state index contributed by atoms with van der Waals surface area (Å²) in [7, 11) is 0. The minimum atomic E-state index is 0.0707. The molecular formula is C21H22N6O. The van der Waals surface area contributed by atoms with Crippen LogP contribution in [-0.2, 0) is 0 Å². The molecule has 0 radical (unpaired) electrons. The summed E-state index contributed by atoms with van der Waals surface area (Å²) in [6, 6.07) is 6.04. The lowest BCUT2D eigenvalue weighted by Gasteiger charge is -2.05. The van der Waals surface area contributed by atoms with Crippen molar-refractivity contribution in [1.82, 2.24) is 24.7 Å². The number of H-pyrrole nitrogens is 1. The van der Waals surface area contributed by atoms with Crippen LogP contribution in [0.5, 0.6) is 5.88 Å². The van der Waals surface area contributed by atoms with Crippen LogP contribution in [0, 0.1) is 6.92 Å². The second-order valence-electron chi connectivity index (χ2n) is 7.10. The first kappa shape index (κ1) is 17.9. The number of aromatic amines is 1. The van der Waals surface area contributed by atoms with E-state index in [1.54, 1.807) is 18.6 Å². The Hall–Kier alpha value is -3.48. The molecule has 0 unspecified atom stereocenters. The Kier molecular flexibility index (Phi) is 4.43. The molecule has 0 atom stereocenters. The molecule has 0 saturated heterocycles. The Morgan fingerprint density at radius 1 is 1.25 bits per heavy atom. The number of aliphatic imine (C=N–C) groups is 1. The molecule has 0 aliphatic rings. The number of fused-ring (bicyclic) bond motifs is 1. The highest BCUT2D eigenvalue weighted by Crippen LogP contribution is 2.31. The van der Waals surface area contributed by atoms with Gasteiger partial charge in [-0.1, -0.05) is 0 Å². The van der Waals surface area contributed by atoms with Gasteiger partial charge in [0.1, 0.15) is 0 Å². The van der Waals surface area contributed by atoms with E-state index >= 15 is 0 Å². The third-order valence-corrected chi connectivity index (χ3v) is 4.75. The summed E-state index contributed by atoms with van der Waals surface area (Å²) in [6.07, 6.45) is 7.19. The molecule has 4 heterocycles. The smallest absolute Gasteiger partial charge is 0.198 e. The number of nitrogens with one attached hydrogen (secondary N) is 1. The number of hydrogen-bond donors (Lipinski definition) is 2. The van der Waals surface area contributed by atoms with Crippen molar-refractivity contribution in [2.75, 3.05) is 0 Å². The second-order valence-corrected chi connectivity index (χ2v) is 7.10. The van der Waals surface area contributed by atoms with Gasteiger partial charge in [0, 0.05) is 41.6 Å². The van der Waals surface area contributed by atoms with E-state index in [9.17, 15) is 5.11 Å². The average molecular weight is 374 g/mol. The van der Waals surface area contributed by atoms with Crippen molar-refractivity contribution in [1.29, 1.82) is 0 Å². The van der Waals surface area contributed by atoms with E-state index in [4.69, 9.17) is 0 Å². The van der Waals surface area contributed by atoms with E-state index in [0.29, 0.717) is 17.1 Å². The van der Waals surface area contributed by atoms with Gasteiger partial charge in [0.25, 0.3) is 0 Å². The fraction of sp³-hybridized carbons (Fsp3) is 0.238. The van der Waals surface area contributed by atoms with Crippen LogP contribution in [0.25, 0.3) is 22.2 Å². The lowest BCUT2D eigenvalue weighted by molar-refractivity contribution is 0.457. The van der Waals surface area contributed by atoms with Crippen molar-refractivity contribution in [2.45, 2.75) is 33.7 Å². The van der Waals surface area contributed by atoms with Crippen LogP contribution in [0.3, 0.4) is 0 Å². The first-order valence-electron chi connectivity index (χ1n) is 9.16. The number of aryl methyl sites for hydroxylation is 1. The predicted molar refractivity (Wildman–Crippen MR) is 110 cm³/mol. The van der Waals surface area contributed by atoms with Gasteiger partial charge in [-0.25, -0.2) is 4.99 Å². The molecule has 0 aliphatic heterocycles. The van der Waals surface area contributed by atoms with Gasteiger partial charge >= 0.3 is 0 Å². The maximum Gasteiger partial charge on any atom is 0.198 e. The van der Waals surface area contributed by atoms with Crippen molar-refractivity contribution < 1.29 is 5.11 Å². The number of pyridine rings is 2. The van der Waals surface area contributed by atoms with Gasteiger partial charge in [-0.05, 0) is 45.4 Å². The van der Waals surface area contributed by atoms with Gasteiger partial charge in [0.2, 0.25) is 0 Å². The van der Waals surface area contributed by atoms with Crippen LogP contribution >= 0.6 is 0 Å². The van der Waals surface area contributed by atoms with Gasteiger partial charge in [-0.3, -0.25) is 14.6 Å². The van der Waals surface area contributed by atoms with E-state index in [2.05, 4.69) is 38.9 Å². The van der Waals surface area contributed by atoms with Crippen LogP contribution in [0.15, 0.2) is 48.0 Å². The van der Waals surface area contributed by atoms with Crippen LogP contribution in [-0.4, -0.2) is 35.6 Å². The Bertz CT molecular complexity index is 1180. The van der Waals surface area contributed by atoms with Gasteiger partial charge < -0.3 is 10.1 Å². The summed E-state index contributed by atoms with van der Waals surface area (Å²) in [6.45, 7) is 8.02. The molecule has 0 bridgehead atoms. The summed E-state index contributed by atoms with van der Waals surface area (Å²) in [4.78, 5) is 16.3. The maximum absolute atomic E-state index is 10.5. The largest absolute Gasteiger partial charge is 0.494 e. The first-order chi connectivity index (χ1) is 13.4. The van der Waals surface area contributed by atoms with Gasteiger partial charge in [0.05, 0.1) is 28.7 Å². The number of hydrogen-bond acceptors (Lipinski definition) is 5. The van der Waals surface area contributed by atoms with E-state index in [1.165, 1.54) is 0 Å². The predicted octanol–water partition coefficient (Wildman–Crippen LogP) is 4.56. The van der Waals surface area contributed by atoms with Crippen LogP contribution in [0.4, 0.5) is 5.82 Å². The van der Waals surface area contributed by atoms with Crippen molar-refractivity contribution in [3.63, 3.8) is 0 Å². The fourth-order valence-corrected chi connectivity index (χ4v) is 3.23. The third kappa shape index (κ3) is 3.15. The number of aromatic nitrogens is 5. The fourth-order valence-electron chi connectivity index (χ4n) is 3.23. The first-order valence-corrected chi connectivity index (χ1v) is 9.16. The Morgan fingerprint density at radius 3 is 2.79 bits per heavy atom. The molecule has 4 rings (SSSR count). The zero-order valence-corrected chi connectivity index (χ0v) is 16.3. The van der Waals surface area contributed by atoms with Gasteiger partial charge in [-0.15, -0.1) is 0 Å². The van der Waals surface area contributed by atoms with Crippen LogP contribution in [0.1, 0.15) is 37.9 Å². The molecule has 0 aliphatic carbocycles. The molecule has 4 aromatic heterocycles. The number of rotatable bonds is 4. The molecule has 2 N–H and O–H groups in total. The quantitative estimate of drug-likeness (QED) is 0.512. The van der Waals surface area contributed by atoms with Crippen LogP contribution < -0.4 is 0 Å². The molecule has 0 fully saturated rings. The van der Waals surface area contributed by atoms with Crippen LogP contribution in [0.2, 0.25) is 0 Å². The van der Waals surface area contributed by atoms with Crippen molar-refractivity contribution in [2.24, 2.45) is 4.99 Å². The van der Waals surface area contributed by atoms with E-state index in [1.807, 2.05) is 42.9 Å². The lowest BCUT2D eigenvalue weighted by Crippen LogP contribution is -2.00.